The monoisotopic (exact) mass is 404 g/mol. The lowest BCUT2D eigenvalue weighted by molar-refractivity contribution is -0.134. The number of likely N-dealkylation sites (N-methyl/N-ethyl adjacent to an activating group) is 1. The van der Waals surface area contributed by atoms with E-state index in [0.717, 1.165) is 6.42 Å². The number of nitrogens with zero attached hydrogens (tertiary/aromatic N) is 2. The van der Waals surface area contributed by atoms with Crippen LogP contribution < -0.4 is 4.74 Å². The second-order valence-electron chi connectivity index (χ2n) is 6.79. The van der Waals surface area contributed by atoms with E-state index in [1.54, 1.807) is 48.3 Å². The molecule has 0 unspecified atom stereocenters. The summed E-state index contributed by atoms with van der Waals surface area (Å²) in [5.41, 5.74) is 0.761. The molecule has 148 valence electrons. The fourth-order valence-electron chi connectivity index (χ4n) is 3.48. The molecular formula is C21H22ClFN2O3. The van der Waals surface area contributed by atoms with E-state index in [1.807, 2.05) is 0 Å². The van der Waals surface area contributed by atoms with E-state index in [0.29, 0.717) is 34.9 Å². The first-order valence-electron chi connectivity index (χ1n) is 9.05. The van der Waals surface area contributed by atoms with Crippen molar-refractivity contribution >= 4 is 23.4 Å². The highest BCUT2D eigenvalue weighted by atomic mass is 35.5. The van der Waals surface area contributed by atoms with Crippen LogP contribution in [0.3, 0.4) is 0 Å². The number of hydrogen-bond donors (Lipinski definition) is 0. The smallest absolute Gasteiger partial charge is 0.258 e. The Morgan fingerprint density at radius 1 is 1.29 bits per heavy atom. The zero-order valence-corrected chi connectivity index (χ0v) is 16.6. The first-order valence-corrected chi connectivity index (χ1v) is 9.43. The highest BCUT2D eigenvalue weighted by Crippen LogP contribution is 2.28. The lowest BCUT2D eigenvalue weighted by atomic mass is 10.1. The Hall–Kier alpha value is -2.60. The summed E-state index contributed by atoms with van der Waals surface area (Å²) >= 11 is 6.04. The normalized spacial score (nSPS) is 16.1. The third-order valence-corrected chi connectivity index (χ3v) is 5.17. The van der Waals surface area contributed by atoms with Crippen LogP contribution in [0.1, 0.15) is 28.8 Å². The molecular weight excluding hydrogens is 383 g/mol. The van der Waals surface area contributed by atoms with Gasteiger partial charge < -0.3 is 14.5 Å². The van der Waals surface area contributed by atoms with Crippen LogP contribution in [0.2, 0.25) is 5.02 Å². The summed E-state index contributed by atoms with van der Waals surface area (Å²) in [5.74, 6) is -0.457. The molecule has 1 aliphatic heterocycles. The Morgan fingerprint density at radius 2 is 2.04 bits per heavy atom. The number of halogens is 2. The number of carbonyl (C=O) groups is 2. The average molecular weight is 405 g/mol. The summed E-state index contributed by atoms with van der Waals surface area (Å²) in [6, 6.07) is 10.6. The fourth-order valence-corrected chi connectivity index (χ4v) is 3.66. The summed E-state index contributed by atoms with van der Waals surface area (Å²) < 4.78 is 19.2. The molecule has 3 rings (SSSR count). The summed E-state index contributed by atoms with van der Waals surface area (Å²) in [7, 11) is 3.10. The maximum atomic E-state index is 13.9. The minimum Gasteiger partial charge on any atom is -0.496 e. The van der Waals surface area contributed by atoms with Crippen molar-refractivity contribution in [1.29, 1.82) is 0 Å². The molecule has 0 bridgehead atoms. The van der Waals surface area contributed by atoms with Gasteiger partial charge in [-0.15, -0.1) is 0 Å². The molecule has 1 atom stereocenters. The number of hydrogen-bond acceptors (Lipinski definition) is 3. The molecule has 1 aliphatic rings. The number of ether oxygens (including phenoxy) is 1. The van der Waals surface area contributed by atoms with Crippen molar-refractivity contribution in [2.24, 2.45) is 0 Å². The minimum absolute atomic E-state index is 0.143. The predicted octanol–water partition coefficient (Wildman–Crippen LogP) is 3.75. The van der Waals surface area contributed by atoms with Crippen molar-refractivity contribution in [3.8, 4) is 5.75 Å². The van der Waals surface area contributed by atoms with Crippen molar-refractivity contribution in [3.63, 3.8) is 0 Å². The number of amides is 2. The van der Waals surface area contributed by atoms with E-state index in [1.165, 1.54) is 18.1 Å². The van der Waals surface area contributed by atoms with E-state index >= 15 is 0 Å². The Morgan fingerprint density at radius 3 is 2.75 bits per heavy atom. The molecule has 0 aliphatic carbocycles. The van der Waals surface area contributed by atoms with Gasteiger partial charge in [-0.25, -0.2) is 4.39 Å². The number of benzene rings is 2. The van der Waals surface area contributed by atoms with Gasteiger partial charge in [-0.1, -0.05) is 29.8 Å². The van der Waals surface area contributed by atoms with Gasteiger partial charge in [0.25, 0.3) is 5.91 Å². The summed E-state index contributed by atoms with van der Waals surface area (Å²) in [6.45, 7) is 0.614. The van der Waals surface area contributed by atoms with Gasteiger partial charge in [0.1, 0.15) is 17.6 Å². The van der Waals surface area contributed by atoms with Gasteiger partial charge in [-0.05, 0) is 37.1 Å². The van der Waals surface area contributed by atoms with Crippen LogP contribution in [-0.2, 0) is 11.3 Å². The molecule has 1 fully saturated rings. The van der Waals surface area contributed by atoms with Gasteiger partial charge in [0.2, 0.25) is 5.91 Å². The zero-order chi connectivity index (χ0) is 20.3. The van der Waals surface area contributed by atoms with E-state index in [4.69, 9.17) is 16.3 Å². The maximum absolute atomic E-state index is 13.9. The van der Waals surface area contributed by atoms with Crippen LogP contribution in [0.25, 0.3) is 0 Å². The van der Waals surface area contributed by atoms with Crippen molar-refractivity contribution in [3.05, 3.63) is 64.4 Å². The molecule has 0 N–H and O–H groups in total. The molecule has 0 spiro atoms. The molecule has 1 heterocycles. The van der Waals surface area contributed by atoms with E-state index < -0.39 is 6.04 Å². The standard InChI is InChI=1S/C21H22ClFN2O3/c1-24(13-14-6-3-4-7-17(14)23)21(27)18-8-5-11-25(18)20(26)16-12-15(22)9-10-19(16)28-2/h3-4,6-7,9-10,12,18H,5,8,11,13H2,1-2H3/t18-/m1/s1. The first-order chi connectivity index (χ1) is 13.4. The second kappa shape index (κ2) is 8.61. The lowest BCUT2D eigenvalue weighted by Crippen LogP contribution is -2.46. The third-order valence-electron chi connectivity index (χ3n) is 4.93. The molecule has 2 aromatic rings. The summed E-state index contributed by atoms with van der Waals surface area (Å²) in [4.78, 5) is 29.1. The molecule has 0 aromatic heterocycles. The molecule has 7 heteroatoms. The zero-order valence-electron chi connectivity index (χ0n) is 15.8. The maximum Gasteiger partial charge on any atom is 0.258 e. The summed E-state index contributed by atoms with van der Waals surface area (Å²) in [5, 5.41) is 0.419. The first kappa shape index (κ1) is 20.1. The quantitative estimate of drug-likeness (QED) is 0.762. The van der Waals surface area contributed by atoms with Crippen LogP contribution in [0, 0.1) is 5.82 Å². The van der Waals surface area contributed by atoms with E-state index in [2.05, 4.69) is 0 Å². The molecule has 1 saturated heterocycles. The Kier molecular flexibility index (Phi) is 6.19. The SMILES string of the molecule is COc1ccc(Cl)cc1C(=O)N1CCC[C@@H]1C(=O)N(C)Cc1ccccc1F. The highest BCUT2D eigenvalue weighted by molar-refractivity contribution is 6.31. The molecule has 2 aromatic carbocycles. The number of rotatable bonds is 5. The molecule has 0 saturated carbocycles. The molecule has 0 radical (unpaired) electrons. The van der Waals surface area contributed by atoms with Crippen LogP contribution in [-0.4, -0.2) is 48.4 Å². The fraction of sp³-hybridized carbons (Fsp3) is 0.333. The molecule has 28 heavy (non-hydrogen) atoms. The molecule has 2 amide bonds. The third kappa shape index (κ3) is 4.12. The van der Waals surface area contributed by atoms with Crippen LogP contribution in [0.4, 0.5) is 4.39 Å². The van der Waals surface area contributed by atoms with Gasteiger partial charge >= 0.3 is 0 Å². The predicted molar refractivity (Wildman–Crippen MR) is 105 cm³/mol. The van der Waals surface area contributed by atoms with Crippen LogP contribution >= 0.6 is 11.6 Å². The van der Waals surface area contributed by atoms with E-state index in [9.17, 15) is 14.0 Å². The number of carbonyl (C=O) groups excluding carboxylic acids is 2. The Bertz CT molecular complexity index is 890. The van der Waals surface area contributed by atoms with Gasteiger partial charge in [-0.3, -0.25) is 9.59 Å². The number of methoxy groups -OCH3 is 1. The van der Waals surface area contributed by atoms with Crippen molar-refractivity contribution < 1.29 is 18.7 Å². The number of likely N-dealkylation sites (tertiary alicyclic amines) is 1. The Balaban J connectivity index is 1.78. The topological polar surface area (TPSA) is 49.9 Å². The van der Waals surface area contributed by atoms with Crippen molar-refractivity contribution in [1.82, 2.24) is 9.80 Å². The van der Waals surface area contributed by atoms with Crippen LogP contribution in [0.5, 0.6) is 5.75 Å². The summed E-state index contributed by atoms with van der Waals surface area (Å²) in [6.07, 6.45) is 1.29. The average Bonchev–Trinajstić information content (AvgIpc) is 3.18. The highest BCUT2D eigenvalue weighted by Gasteiger charge is 2.37. The van der Waals surface area contributed by atoms with Gasteiger partial charge in [0.15, 0.2) is 0 Å². The second-order valence-corrected chi connectivity index (χ2v) is 7.22. The van der Waals surface area contributed by atoms with E-state index in [-0.39, 0.29) is 24.2 Å². The largest absolute Gasteiger partial charge is 0.496 e. The van der Waals surface area contributed by atoms with Gasteiger partial charge in [0, 0.05) is 30.7 Å². The van der Waals surface area contributed by atoms with Gasteiger partial charge in [-0.2, -0.15) is 0 Å². The van der Waals surface area contributed by atoms with Crippen molar-refractivity contribution in [2.45, 2.75) is 25.4 Å². The Labute approximate surface area is 168 Å². The van der Waals surface area contributed by atoms with Crippen LogP contribution in [0.15, 0.2) is 42.5 Å². The lowest BCUT2D eigenvalue weighted by Gasteiger charge is -2.28. The van der Waals surface area contributed by atoms with Gasteiger partial charge in [0.05, 0.1) is 12.7 Å². The van der Waals surface area contributed by atoms with Crippen molar-refractivity contribution in [2.75, 3.05) is 20.7 Å². The molecule has 5 nitrogen and oxygen atoms in total. The minimum atomic E-state index is -0.590.